The fraction of sp³-hybridized carbons (Fsp3) is 0.217. The fourth-order valence-corrected chi connectivity index (χ4v) is 4.84. The van der Waals surface area contributed by atoms with Crippen molar-refractivity contribution >= 4 is 33.3 Å². The van der Waals surface area contributed by atoms with E-state index in [0.717, 1.165) is 23.4 Å². The maximum Gasteiger partial charge on any atom is 0.297 e. The molecule has 1 aliphatic rings. The van der Waals surface area contributed by atoms with Gasteiger partial charge in [-0.2, -0.15) is 0 Å². The van der Waals surface area contributed by atoms with Crippen LogP contribution in [0.15, 0.2) is 57.7 Å². The van der Waals surface area contributed by atoms with Crippen molar-refractivity contribution < 1.29 is 13.9 Å². The number of anilines is 1. The van der Waals surface area contributed by atoms with E-state index in [9.17, 15) is 9.59 Å². The Morgan fingerprint density at radius 3 is 2.61 bits per heavy atom. The van der Waals surface area contributed by atoms with E-state index in [-0.39, 0.29) is 11.2 Å². The minimum absolute atomic E-state index is 0.0526. The van der Waals surface area contributed by atoms with Crippen LogP contribution in [-0.4, -0.2) is 23.2 Å². The molecule has 8 heteroatoms. The number of hydrogen-bond donors (Lipinski definition) is 0. The average molecular weight is 433 g/mol. The first-order valence-electron chi connectivity index (χ1n) is 9.98. The van der Waals surface area contributed by atoms with Crippen LogP contribution in [0.1, 0.15) is 46.1 Å². The van der Waals surface area contributed by atoms with Crippen molar-refractivity contribution in [2.75, 3.05) is 12.0 Å². The maximum absolute atomic E-state index is 13.5. The molecule has 0 radical (unpaired) electrons. The average Bonchev–Trinajstić information content (AvgIpc) is 3.37. The highest BCUT2D eigenvalue weighted by Crippen LogP contribution is 2.42. The Bertz CT molecular complexity index is 1340. The van der Waals surface area contributed by atoms with Gasteiger partial charge in [-0.15, -0.1) is 10.2 Å². The van der Waals surface area contributed by atoms with E-state index >= 15 is 0 Å². The summed E-state index contributed by atoms with van der Waals surface area (Å²) >= 11 is 1.36. The number of para-hydroxylation sites is 1. The molecule has 2 aromatic carbocycles. The van der Waals surface area contributed by atoms with Crippen molar-refractivity contribution in [3.63, 3.8) is 0 Å². The van der Waals surface area contributed by atoms with Crippen LogP contribution in [0.2, 0.25) is 0 Å². The lowest BCUT2D eigenvalue weighted by Gasteiger charge is -2.22. The van der Waals surface area contributed by atoms with Crippen LogP contribution in [0.3, 0.4) is 0 Å². The van der Waals surface area contributed by atoms with E-state index < -0.39 is 11.9 Å². The molecule has 0 fully saturated rings. The number of rotatable bonds is 5. The molecule has 2 aromatic heterocycles. The Balaban J connectivity index is 1.74. The van der Waals surface area contributed by atoms with Crippen LogP contribution < -0.4 is 15.1 Å². The maximum atomic E-state index is 13.5. The van der Waals surface area contributed by atoms with Gasteiger partial charge in [0.25, 0.3) is 5.91 Å². The van der Waals surface area contributed by atoms with E-state index in [4.69, 9.17) is 9.15 Å². The number of aryl methyl sites for hydroxylation is 1. The van der Waals surface area contributed by atoms with Gasteiger partial charge in [0.1, 0.15) is 16.3 Å². The van der Waals surface area contributed by atoms with Crippen LogP contribution >= 0.6 is 11.3 Å². The van der Waals surface area contributed by atoms with Gasteiger partial charge in [0.15, 0.2) is 5.43 Å². The zero-order valence-corrected chi connectivity index (χ0v) is 17.8. The van der Waals surface area contributed by atoms with Crippen molar-refractivity contribution in [1.82, 2.24) is 10.2 Å². The fourth-order valence-electron chi connectivity index (χ4n) is 3.88. The zero-order chi connectivity index (χ0) is 21.5. The summed E-state index contributed by atoms with van der Waals surface area (Å²) in [5.74, 6) is 0.348. The van der Waals surface area contributed by atoms with Gasteiger partial charge < -0.3 is 9.15 Å². The summed E-state index contributed by atoms with van der Waals surface area (Å²) in [6.45, 7) is 2.06. The number of fused-ring (bicyclic) bond motifs is 2. The predicted molar refractivity (Wildman–Crippen MR) is 118 cm³/mol. The standard InChI is InChI=1S/C23H19N3O4S/c1-3-6-17-24-25-23(31-17)26-19(13-9-11-14(29-2)12-10-13)18-20(27)15-7-4-5-8-16(15)30-21(18)22(26)28/h4-5,7-12,19H,3,6H2,1-2H3/t19-/m1/s1. The van der Waals surface area contributed by atoms with Crippen LogP contribution in [0.25, 0.3) is 11.0 Å². The quantitative estimate of drug-likeness (QED) is 0.465. The van der Waals surface area contributed by atoms with E-state index in [1.807, 2.05) is 12.1 Å². The van der Waals surface area contributed by atoms with Crippen molar-refractivity contribution in [3.05, 3.63) is 80.6 Å². The van der Waals surface area contributed by atoms with Crippen LogP contribution in [-0.2, 0) is 6.42 Å². The molecule has 0 saturated heterocycles. The lowest BCUT2D eigenvalue weighted by Crippen LogP contribution is -2.29. The van der Waals surface area contributed by atoms with Gasteiger partial charge >= 0.3 is 0 Å². The van der Waals surface area contributed by atoms with Crippen molar-refractivity contribution in [3.8, 4) is 5.75 Å². The minimum atomic E-state index is -0.656. The molecule has 0 aliphatic carbocycles. The second-order valence-corrected chi connectivity index (χ2v) is 8.29. The summed E-state index contributed by atoms with van der Waals surface area (Å²) in [6.07, 6.45) is 1.71. The molecule has 7 nitrogen and oxygen atoms in total. The third-order valence-corrected chi connectivity index (χ3v) is 6.32. The summed E-state index contributed by atoms with van der Waals surface area (Å²) in [7, 11) is 1.59. The zero-order valence-electron chi connectivity index (χ0n) is 17.0. The Kier molecular flexibility index (Phi) is 4.78. The van der Waals surface area contributed by atoms with Crippen molar-refractivity contribution in [2.45, 2.75) is 25.8 Å². The lowest BCUT2D eigenvalue weighted by molar-refractivity contribution is 0.0970. The second-order valence-electron chi connectivity index (χ2n) is 7.25. The van der Waals surface area contributed by atoms with Crippen LogP contribution in [0.5, 0.6) is 5.75 Å². The summed E-state index contributed by atoms with van der Waals surface area (Å²) in [4.78, 5) is 28.5. The number of hydrogen-bond acceptors (Lipinski definition) is 7. The first-order chi connectivity index (χ1) is 15.1. The van der Waals surface area contributed by atoms with Gasteiger partial charge in [0.05, 0.1) is 24.1 Å². The number of nitrogens with zero attached hydrogens (tertiary/aromatic N) is 3. The van der Waals surface area contributed by atoms with E-state index in [0.29, 0.717) is 27.4 Å². The highest BCUT2D eigenvalue weighted by atomic mass is 32.1. The van der Waals surface area contributed by atoms with Crippen LogP contribution in [0, 0.1) is 0 Å². The van der Waals surface area contributed by atoms with E-state index in [2.05, 4.69) is 17.1 Å². The molecule has 0 bridgehead atoms. The molecule has 0 saturated carbocycles. The minimum Gasteiger partial charge on any atom is -0.497 e. The van der Waals surface area contributed by atoms with Gasteiger partial charge in [-0.1, -0.05) is 42.5 Å². The molecule has 4 aromatic rings. The number of methoxy groups -OCH3 is 1. The normalized spacial score (nSPS) is 15.5. The van der Waals surface area contributed by atoms with Gasteiger partial charge in [-0.3, -0.25) is 14.5 Å². The molecule has 5 rings (SSSR count). The molecule has 1 aliphatic heterocycles. The second kappa shape index (κ2) is 7.63. The smallest absolute Gasteiger partial charge is 0.297 e. The molecular weight excluding hydrogens is 414 g/mol. The number of benzene rings is 2. The SMILES string of the molecule is CCCc1nnc(N2C(=O)c3oc4ccccc4c(=O)c3[C@H]2c2ccc(OC)cc2)s1. The molecule has 0 unspecified atom stereocenters. The molecule has 156 valence electrons. The Labute approximate surface area is 181 Å². The third kappa shape index (κ3) is 3.11. The Morgan fingerprint density at radius 2 is 1.87 bits per heavy atom. The van der Waals surface area contributed by atoms with Gasteiger partial charge in [0.2, 0.25) is 10.9 Å². The molecule has 0 spiro atoms. The number of amides is 1. The number of carbonyl (C=O) groups excluding carboxylic acids is 1. The topological polar surface area (TPSA) is 85.5 Å². The molecule has 0 N–H and O–H groups in total. The highest BCUT2D eigenvalue weighted by molar-refractivity contribution is 7.15. The Hall–Kier alpha value is -3.52. The van der Waals surface area contributed by atoms with E-state index in [1.165, 1.54) is 16.2 Å². The molecule has 1 amide bonds. The summed E-state index contributed by atoms with van der Waals surface area (Å²) in [5.41, 5.74) is 1.26. The summed E-state index contributed by atoms with van der Waals surface area (Å²) in [6, 6.07) is 13.6. The Morgan fingerprint density at radius 1 is 1.10 bits per heavy atom. The number of aromatic nitrogens is 2. The molecule has 1 atom stereocenters. The molecule has 31 heavy (non-hydrogen) atoms. The van der Waals surface area contributed by atoms with E-state index in [1.54, 1.807) is 43.5 Å². The lowest BCUT2D eigenvalue weighted by atomic mass is 9.98. The largest absolute Gasteiger partial charge is 0.497 e. The molecule has 3 heterocycles. The van der Waals surface area contributed by atoms with Crippen molar-refractivity contribution in [1.29, 1.82) is 0 Å². The predicted octanol–water partition coefficient (Wildman–Crippen LogP) is 4.36. The number of ether oxygens (including phenoxy) is 1. The summed E-state index contributed by atoms with van der Waals surface area (Å²) < 4.78 is 11.2. The molecular formula is C23H19N3O4S. The highest BCUT2D eigenvalue weighted by Gasteiger charge is 2.45. The van der Waals surface area contributed by atoms with Gasteiger partial charge in [-0.25, -0.2) is 0 Å². The monoisotopic (exact) mass is 433 g/mol. The third-order valence-electron chi connectivity index (χ3n) is 5.34. The first-order valence-corrected chi connectivity index (χ1v) is 10.8. The number of carbonyl (C=O) groups is 1. The summed E-state index contributed by atoms with van der Waals surface area (Å²) in [5, 5.41) is 10.2. The van der Waals surface area contributed by atoms with Crippen molar-refractivity contribution in [2.24, 2.45) is 0 Å². The first kappa shape index (κ1) is 19.4. The van der Waals surface area contributed by atoms with Crippen LogP contribution in [0.4, 0.5) is 5.13 Å². The van der Waals surface area contributed by atoms with Gasteiger partial charge in [0, 0.05) is 6.42 Å². The van der Waals surface area contributed by atoms with Gasteiger partial charge in [-0.05, 0) is 36.2 Å².